The maximum Gasteiger partial charge on any atom is 0.242 e. The van der Waals surface area contributed by atoms with Crippen LogP contribution in [0.25, 0.3) is 0 Å². The van der Waals surface area contributed by atoms with Crippen molar-refractivity contribution in [3.05, 3.63) is 30.1 Å². The number of amides is 1. The van der Waals surface area contributed by atoms with Crippen molar-refractivity contribution in [2.75, 3.05) is 18.1 Å². The summed E-state index contributed by atoms with van der Waals surface area (Å²) in [6, 6.07) is 5.63. The van der Waals surface area contributed by atoms with E-state index < -0.39 is 0 Å². The van der Waals surface area contributed by atoms with E-state index in [1.165, 1.54) is 29.3 Å². The quantitative estimate of drug-likeness (QED) is 0.716. The van der Waals surface area contributed by atoms with Crippen molar-refractivity contribution < 1.29 is 14.0 Å². The zero-order chi connectivity index (χ0) is 11.5. The fourth-order valence-corrected chi connectivity index (χ4v) is 1.74. The average molecular weight is 222 g/mol. The van der Waals surface area contributed by atoms with Gasteiger partial charge in [0.25, 0.3) is 0 Å². The number of hydrogen-bond donors (Lipinski definition) is 0. The summed E-state index contributed by atoms with van der Waals surface area (Å²) in [5, 5.41) is 3.07. The average Bonchev–Trinajstić information content (AvgIpc) is 2.62. The number of halogens is 1. The van der Waals surface area contributed by atoms with Gasteiger partial charge in [-0.15, -0.1) is 0 Å². The van der Waals surface area contributed by atoms with Crippen molar-refractivity contribution in [2.24, 2.45) is 0 Å². The van der Waals surface area contributed by atoms with Crippen LogP contribution in [0.15, 0.2) is 24.3 Å². The molecule has 1 aliphatic heterocycles. The summed E-state index contributed by atoms with van der Waals surface area (Å²) in [4.78, 5) is 22.1. The second-order valence-electron chi connectivity index (χ2n) is 3.51. The molecule has 1 heterocycles. The summed E-state index contributed by atoms with van der Waals surface area (Å²) in [7, 11) is 0. The van der Waals surface area contributed by atoms with Crippen LogP contribution in [0.1, 0.15) is 6.42 Å². The van der Waals surface area contributed by atoms with Crippen molar-refractivity contribution in [1.82, 2.24) is 5.01 Å². The molecular weight excluding hydrogens is 211 g/mol. The minimum Gasteiger partial charge on any atom is -0.302 e. The highest BCUT2D eigenvalue weighted by atomic mass is 19.1. The minimum atomic E-state index is -0.350. The Morgan fingerprint density at radius 3 is 2.62 bits per heavy atom. The van der Waals surface area contributed by atoms with Crippen LogP contribution in [-0.2, 0) is 9.59 Å². The Kier molecular flexibility index (Phi) is 2.96. The zero-order valence-corrected chi connectivity index (χ0v) is 8.60. The third kappa shape index (κ3) is 1.94. The third-order valence-electron chi connectivity index (χ3n) is 2.46. The van der Waals surface area contributed by atoms with Gasteiger partial charge in [-0.2, -0.15) is 0 Å². The van der Waals surface area contributed by atoms with E-state index in [0.29, 0.717) is 18.7 Å². The molecule has 0 atom stereocenters. The topological polar surface area (TPSA) is 40.6 Å². The maximum atomic E-state index is 12.7. The molecule has 1 amide bonds. The molecule has 0 unspecified atom stereocenters. The molecule has 1 aromatic carbocycles. The van der Waals surface area contributed by atoms with Crippen molar-refractivity contribution in [3.63, 3.8) is 0 Å². The van der Waals surface area contributed by atoms with E-state index >= 15 is 0 Å². The van der Waals surface area contributed by atoms with Gasteiger partial charge in [0.15, 0.2) is 0 Å². The number of benzene rings is 1. The first-order chi connectivity index (χ1) is 7.72. The molecule has 1 aromatic rings. The van der Waals surface area contributed by atoms with Gasteiger partial charge in [0.1, 0.15) is 12.1 Å². The van der Waals surface area contributed by atoms with E-state index in [0.717, 1.165) is 6.29 Å². The van der Waals surface area contributed by atoms with E-state index in [9.17, 15) is 14.0 Å². The molecule has 0 N–H and O–H groups in total. The van der Waals surface area contributed by atoms with Gasteiger partial charge in [0.05, 0.1) is 12.2 Å². The van der Waals surface area contributed by atoms with Gasteiger partial charge in [-0.1, -0.05) is 0 Å². The Hall–Kier alpha value is -1.75. The number of hydrazine groups is 1. The lowest BCUT2D eigenvalue weighted by molar-refractivity contribution is -0.118. The summed E-state index contributed by atoms with van der Waals surface area (Å²) < 4.78 is 12.7. The first kappa shape index (κ1) is 10.8. The minimum absolute atomic E-state index is 0.0755. The van der Waals surface area contributed by atoms with Crippen LogP contribution in [-0.4, -0.2) is 30.3 Å². The highest BCUT2D eigenvalue weighted by molar-refractivity contribution is 5.94. The number of anilines is 1. The van der Waals surface area contributed by atoms with Gasteiger partial charge >= 0.3 is 0 Å². The molecule has 0 saturated carbocycles. The molecule has 0 aliphatic carbocycles. The summed E-state index contributed by atoms with van der Waals surface area (Å²) >= 11 is 0. The molecule has 5 heteroatoms. The van der Waals surface area contributed by atoms with Gasteiger partial charge in [0.2, 0.25) is 5.91 Å². The molecule has 0 spiro atoms. The van der Waals surface area contributed by atoms with Crippen LogP contribution >= 0.6 is 0 Å². The SMILES string of the molecule is O=CCN1CCC(=O)N1c1ccc(F)cc1. The largest absolute Gasteiger partial charge is 0.302 e. The van der Waals surface area contributed by atoms with Gasteiger partial charge in [0, 0.05) is 13.0 Å². The number of nitrogens with zero attached hydrogens (tertiary/aromatic N) is 2. The lowest BCUT2D eigenvalue weighted by Gasteiger charge is -2.25. The fourth-order valence-electron chi connectivity index (χ4n) is 1.74. The number of carbonyl (C=O) groups excluding carboxylic acids is 2. The van der Waals surface area contributed by atoms with Crippen LogP contribution in [0, 0.1) is 5.82 Å². The van der Waals surface area contributed by atoms with E-state index in [1.54, 1.807) is 5.01 Å². The Bertz CT molecular complexity index is 405. The molecule has 0 radical (unpaired) electrons. The molecule has 1 saturated heterocycles. The molecule has 1 aliphatic rings. The monoisotopic (exact) mass is 222 g/mol. The summed E-state index contributed by atoms with van der Waals surface area (Å²) in [5.74, 6) is -0.425. The Labute approximate surface area is 92.2 Å². The van der Waals surface area contributed by atoms with Crippen LogP contribution in [0.3, 0.4) is 0 Å². The normalized spacial score (nSPS) is 16.8. The van der Waals surface area contributed by atoms with E-state index in [1.807, 2.05) is 0 Å². The van der Waals surface area contributed by atoms with Crippen molar-refractivity contribution in [3.8, 4) is 0 Å². The van der Waals surface area contributed by atoms with Crippen LogP contribution in [0.2, 0.25) is 0 Å². The van der Waals surface area contributed by atoms with Gasteiger partial charge < -0.3 is 4.79 Å². The lowest BCUT2D eigenvalue weighted by Crippen LogP contribution is -2.40. The standard InChI is InChI=1S/C11H11FN2O2/c12-9-1-3-10(4-2-9)14-11(16)5-6-13(14)7-8-15/h1-4,8H,5-7H2. The predicted octanol–water partition coefficient (Wildman–Crippen LogP) is 0.978. The van der Waals surface area contributed by atoms with Gasteiger partial charge in [-0.05, 0) is 24.3 Å². The molecule has 0 bridgehead atoms. The van der Waals surface area contributed by atoms with Crippen LogP contribution < -0.4 is 5.01 Å². The Morgan fingerprint density at radius 1 is 1.31 bits per heavy atom. The Morgan fingerprint density at radius 2 is 2.00 bits per heavy atom. The van der Waals surface area contributed by atoms with Crippen LogP contribution in [0.4, 0.5) is 10.1 Å². The highest BCUT2D eigenvalue weighted by Gasteiger charge is 2.29. The van der Waals surface area contributed by atoms with Crippen molar-refractivity contribution >= 4 is 17.9 Å². The number of aldehydes is 1. The molecule has 2 rings (SSSR count). The number of rotatable bonds is 3. The predicted molar refractivity (Wildman–Crippen MR) is 56.1 cm³/mol. The van der Waals surface area contributed by atoms with Crippen LogP contribution in [0.5, 0.6) is 0 Å². The number of hydrogen-bond acceptors (Lipinski definition) is 3. The summed E-state index contributed by atoms with van der Waals surface area (Å²) in [5.41, 5.74) is 0.589. The molecule has 84 valence electrons. The first-order valence-electron chi connectivity index (χ1n) is 4.99. The second kappa shape index (κ2) is 4.40. The third-order valence-corrected chi connectivity index (χ3v) is 2.46. The summed E-state index contributed by atoms with van der Waals surface area (Å²) in [6.07, 6.45) is 1.13. The molecular formula is C11H11FN2O2. The van der Waals surface area contributed by atoms with E-state index in [2.05, 4.69) is 0 Å². The van der Waals surface area contributed by atoms with E-state index in [4.69, 9.17) is 0 Å². The molecule has 1 fully saturated rings. The smallest absolute Gasteiger partial charge is 0.242 e. The first-order valence-corrected chi connectivity index (χ1v) is 4.99. The van der Waals surface area contributed by atoms with Crippen molar-refractivity contribution in [2.45, 2.75) is 6.42 Å². The van der Waals surface area contributed by atoms with Crippen molar-refractivity contribution in [1.29, 1.82) is 0 Å². The Balaban J connectivity index is 2.26. The number of carbonyl (C=O) groups is 2. The lowest BCUT2D eigenvalue weighted by atomic mass is 10.3. The molecule has 0 aromatic heterocycles. The maximum absolute atomic E-state index is 12.7. The van der Waals surface area contributed by atoms with Gasteiger partial charge in [-0.3, -0.25) is 4.79 Å². The summed E-state index contributed by atoms with van der Waals surface area (Å²) in [6.45, 7) is 0.693. The fraction of sp³-hybridized carbons (Fsp3) is 0.273. The van der Waals surface area contributed by atoms with E-state index in [-0.39, 0.29) is 18.3 Å². The second-order valence-corrected chi connectivity index (χ2v) is 3.51. The molecule has 4 nitrogen and oxygen atoms in total. The highest BCUT2D eigenvalue weighted by Crippen LogP contribution is 2.22. The van der Waals surface area contributed by atoms with Gasteiger partial charge in [-0.25, -0.2) is 14.4 Å². The molecule has 16 heavy (non-hydrogen) atoms. The zero-order valence-electron chi connectivity index (χ0n) is 8.60.